The fourth-order valence-corrected chi connectivity index (χ4v) is 2.42. The van der Waals surface area contributed by atoms with Crippen LogP contribution in [0.5, 0.6) is 11.5 Å². The van der Waals surface area contributed by atoms with Crippen molar-refractivity contribution in [3.05, 3.63) is 22.2 Å². The molecule has 0 spiro atoms. The first kappa shape index (κ1) is 11.6. The molecule has 3 nitrogen and oxygen atoms in total. The number of rotatable bonds is 3. The van der Waals surface area contributed by atoms with Gasteiger partial charge in [0.15, 0.2) is 0 Å². The Balaban J connectivity index is 2.48. The van der Waals surface area contributed by atoms with Crippen LogP contribution in [0.2, 0.25) is 5.02 Å². The van der Waals surface area contributed by atoms with Crippen molar-refractivity contribution in [3.63, 3.8) is 0 Å². The summed E-state index contributed by atoms with van der Waals surface area (Å²) in [6.07, 6.45) is 1.67. The van der Waals surface area contributed by atoms with E-state index in [0.29, 0.717) is 17.4 Å². The summed E-state index contributed by atoms with van der Waals surface area (Å²) < 4.78 is 10.8. The maximum Gasteiger partial charge on any atom is 0.145 e. The Hall–Kier alpha value is -0.930. The summed E-state index contributed by atoms with van der Waals surface area (Å²) in [4.78, 5) is 0. The van der Waals surface area contributed by atoms with E-state index in [1.54, 1.807) is 7.11 Å². The molecule has 0 saturated carbocycles. The number of nitrogens with two attached hydrogens (primary N) is 1. The largest absolute Gasteiger partial charge is 0.495 e. The molecular weight excluding hydrogens is 226 g/mol. The van der Waals surface area contributed by atoms with Crippen molar-refractivity contribution >= 4 is 11.6 Å². The first-order valence-electron chi connectivity index (χ1n) is 5.40. The van der Waals surface area contributed by atoms with Gasteiger partial charge in [0.25, 0.3) is 0 Å². The van der Waals surface area contributed by atoms with Crippen molar-refractivity contribution in [1.82, 2.24) is 0 Å². The molecule has 0 amide bonds. The van der Waals surface area contributed by atoms with E-state index >= 15 is 0 Å². The van der Waals surface area contributed by atoms with Crippen LogP contribution in [0.1, 0.15) is 18.1 Å². The lowest BCUT2D eigenvalue weighted by atomic mass is 10.0. The number of hydrogen-bond donors (Lipinski definition) is 1. The third-order valence-electron chi connectivity index (χ3n) is 2.69. The third-order valence-corrected chi connectivity index (χ3v) is 3.04. The van der Waals surface area contributed by atoms with Crippen LogP contribution in [0.4, 0.5) is 0 Å². The molecule has 0 fully saturated rings. The van der Waals surface area contributed by atoms with Gasteiger partial charge in [0.1, 0.15) is 16.5 Å². The SMILES string of the molecule is COc1c(CC(C)N)cc2c(c1Cl)OCC2. The second-order valence-corrected chi connectivity index (χ2v) is 4.53. The van der Waals surface area contributed by atoms with E-state index in [9.17, 15) is 0 Å². The monoisotopic (exact) mass is 241 g/mol. The molecule has 2 N–H and O–H groups in total. The summed E-state index contributed by atoms with van der Waals surface area (Å²) in [5, 5.41) is 0.577. The lowest BCUT2D eigenvalue weighted by Gasteiger charge is -2.14. The van der Waals surface area contributed by atoms with Crippen molar-refractivity contribution < 1.29 is 9.47 Å². The first-order valence-corrected chi connectivity index (χ1v) is 5.78. The molecule has 2 rings (SSSR count). The predicted octanol–water partition coefficient (Wildman–Crippen LogP) is 2.17. The van der Waals surface area contributed by atoms with Gasteiger partial charge in [0.05, 0.1) is 13.7 Å². The topological polar surface area (TPSA) is 44.5 Å². The van der Waals surface area contributed by atoms with Gasteiger partial charge in [-0.25, -0.2) is 0 Å². The maximum atomic E-state index is 6.25. The van der Waals surface area contributed by atoms with Crippen LogP contribution in [0, 0.1) is 0 Å². The van der Waals surface area contributed by atoms with Crippen LogP contribution in [0.25, 0.3) is 0 Å². The Morgan fingerprint density at radius 3 is 3.00 bits per heavy atom. The minimum absolute atomic E-state index is 0.0883. The molecule has 16 heavy (non-hydrogen) atoms. The molecule has 0 bridgehead atoms. The highest BCUT2D eigenvalue weighted by molar-refractivity contribution is 6.33. The van der Waals surface area contributed by atoms with Crippen molar-refractivity contribution in [1.29, 1.82) is 0 Å². The molecule has 1 atom stereocenters. The number of halogens is 1. The number of fused-ring (bicyclic) bond motifs is 1. The Labute approximate surface area is 100 Å². The maximum absolute atomic E-state index is 6.25. The average molecular weight is 242 g/mol. The minimum Gasteiger partial charge on any atom is -0.495 e. The number of benzene rings is 1. The molecule has 1 aromatic rings. The third kappa shape index (κ3) is 1.97. The van der Waals surface area contributed by atoms with Gasteiger partial charge in [0, 0.05) is 12.5 Å². The van der Waals surface area contributed by atoms with Crippen molar-refractivity contribution in [3.8, 4) is 11.5 Å². The summed E-state index contributed by atoms with van der Waals surface area (Å²) >= 11 is 6.25. The molecule has 0 aromatic heterocycles. The zero-order chi connectivity index (χ0) is 11.7. The van der Waals surface area contributed by atoms with E-state index in [1.165, 1.54) is 0 Å². The molecule has 88 valence electrons. The second-order valence-electron chi connectivity index (χ2n) is 4.15. The van der Waals surface area contributed by atoms with Gasteiger partial charge in [0.2, 0.25) is 0 Å². The normalized spacial score (nSPS) is 15.5. The van der Waals surface area contributed by atoms with Gasteiger partial charge in [-0.3, -0.25) is 0 Å². The van der Waals surface area contributed by atoms with Crippen LogP contribution in [-0.2, 0) is 12.8 Å². The molecule has 0 radical (unpaired) electrons. The summed E-state index contributed by atoms with van der Waals surface area (Å²) in [5.74, 6) is 1.46. The fraction of sp³-hybridized carbons (Fsp3) is 0.500. The van der Waals surface area contributed by atoms with Crippen LogP contribution >= 0.6 is 11.6 Å². The Bertz CT molecular complexity index is 404. The Kier molecular flexibility index (Phi) is 3.26. The van der Waals surface area contributed by atoms with Crippen molar-refractivity contribution in [2.24, 2.45) is 5.73 Å². The van der Waals surface area contributed by atoms with E-state index in [1.807, 2.05) is 6.92 Å². The van der Waals surface area contributed by atoms with Crippen molar-refractivity contribution in [2.75, 3.05) is 13.7 Å². The van der Waals surface area contributed by atoms with Crippen LogP contribution < -0.4 is 15.2 Å². The molecule has 0 saturated heterocycles. The lowest BCUT2D eigenvalue weighted by Crippen LogP contribution is -2.18. The van der Waals surface area contributed by atoms with E-state index in [2.05, 4.69) is 6.07 Å². The molecule has 1 aliphatic rings. The highest BCUT2D eigenvalue weighted by atomic mass is 35.5. The van der Waals surface area contributed by atoms with E-state index in [-0.39, 0.29) is 6.04 Å². The number of methoxy groups -OCH3 is 1. The summed E-state index contributed by atoms with van der Waals surface area (Å²) in [6.45, 7) is 2.66. The highest BCUT2D eigenvalue weighted by Crippen LogP contribution is 2.42. The lowest BCUT2D eigenvalue weighted by molar-refractivity contribution is 0.352. The number of hydrogen-bond acceptors (Lipinski definition) is 3. The van der Waals surface area contributed by atoms with E-state index in [0.717, 1.165) is 29.7 Å². The van der Waals surface area contributed by atoms with Crippen LogP contribution in [0.3, 0.4) is 0 Å². The highest BCUT2D eigenvalue weighted by Gasteiger charge is 2.22. The van der Waals surface area contributed by atoms with Gasteiger partial charge >= 0.3 is 0 Å². The fourth-order valence-electron chi connectivity index (χ4n) is 2.05. The van der Waals surface area contributed by atoms with E-state index in [4.69, 9.17) is 26.8 Å². The molecule has 1 aliphatic heterocycles. The molecule has 0 aliphatic carbocycles. The summed E-state index contributed by atoms with van der Waals surface area (Å²) in [5.41, 5.74) is 8.03. The van der Waals surface area contributed by atoms with Gasteiger partial charge in [-0.05, 0) is 30.5 Å². The zero-order valence-electron chi connectivity index (χ0n) is 9.55. The summed E-state index contributed by atoms with van der Waals surface area (Å²) in [7, 11) is 1.62. The summed E-state index contributed by atoms with van der Waals surface area (Å²) in [6, 6.07) is 2.18. The van der Waals surface area contributed by atoms with E-state index < -0.39 is 0 Å². The number of ether oxygens (including phenoxy) is 2. The molecule has 1 aromatic carbocycles. The standard InChI is InChI=1S/C12H16ClNO2/c1-7(14)5-9-6-8-3-4-16-12(8)10(13)11(9)15-2/h6-7H,3-5,14H2,1-2H3. The van der Waals surface area contributed by atoms with Crippen molar-refractivity contribution in [2.45, 2.75) is 25.8 Å². The van der Waals surface area contributed by atoms with Gasteiger partial charge in [-0.2, -0.15) is 0 Å². The molecule has 1 unspecified atom stereocenters. The molecular formula is C12H16ClNO2. The Morgan fingerprint density at radius 2 is 2.38 bits per heavy atom. The Morgan fingerprint density at radius 1 is 1.62 bits per heavy atom. The van der Waals surface area contributed by atoms with Gasteiger partial charge in [-0.1, -0.05) is 11.6 Å². The molecule has 4 heteroatoms. The minimum atomic E-state index is 0.0883. The first-order chi connectivity index (χ1) is 7.63. The van der Waals surface area contributed by atoms with Gasteiger partial charge < -0.3 is 15.2 Å². The quantitative estimate of drug-likeness (QED) is 0.882. The smallest absolute Gasteiger partial charge is 0.145 e. The van der Waals surface area contributed by atoms with Crippen LogP contribution in [0.15, 0.2) is 6.07 Å². The molecule has 1 heterocycles. The second kappa shape index (κ2) is 4.52. The van der Waals surface area contributed by atoms with Crippen LogP contribution in [-0.4, -0.2) is 19.8 Å². The average Bonchev–Trinajstić information content (AvgIpc) is 2.65. The van der Waals surface area contributed by atoms with Gasteiger partial charge in [-0.15, -0.1) is 0 Å². The predicted molar refractivity (Wildman–Crippen MR) is 64.6 cm³/mol. The zero-order valence-corrected chi connectivity index (χ0v) is 10.3.